The second-order valence-electron chi connectivity index (χ2n) is 6.58. The maximum absolute atomic E-state index is 11.7. The summed E-state index contributed by atoms with van der Waals surface area (Å²) in [7, 11) is 0. The van der Waals surface area contributed by atoms with Gasteiger partial charge in [-0.25, -0.2) is 4.79 Å². The van der Waals surface area contributed by atoms with Crippen LogP contribution in [0.1, 0.15) is 51.9 Å². The van der Waals surface area contributed by atoms with Crippen LogP contribution < -0.4 is 0 Å². The van der Waals surface area contributed by atoms with Gasteiger partial charge in [-0.3, -0.25) is 0 Å². The highest BCUT2D eigenvalue weighted by Crippen LogP contribution is 2.55. The van der Waals surface area contributed by atoms with Crippen LogP contribution in [0.25, 0.3) is 0 Å². The van der Waals surface area contributed by atoms with Crippen LogP contribution in [0.5, 0.6) is 0 Å². The molecule has 2 heteroatoms. The average Bonchev–Trinajstić information content (AvgIpc) is 2.70. The highest BCUT2D eigenvalue weighted by Gasteiger charge is 2.50. The zero-order valence-electron chi connectivity index (χ0n) is 11.4. The Hall–Kier alpha value is -0.790. The van der Waals surface area contributed by atoms with Gasteiger partial charge in [-0.2, -0.15) is 0 Å². The van der Waals surface area contributed by atoms with Gasteiger partial charge in [-0.1, -0.05) is 38.7 Å². The molecule has 0 heterocycles. The zero-order valence-corrected chi connectivity index (χ0v) is 11.4. The number of ether oxygens (including phenoxy) is 1. The smallest absolute Gasteiger partial charge is 0.333 e. The Morgan fingerprint density at radius 1 is 1.11 bits per heavy atom. The molecular weight excluding hydrogens is 224 g/mol. The van der Waals surface area contributed by atoms with Crippen molar-refractivity contribution >= 4 is 5.97 Å². The van der Waals surface area contributed by atoms with E-state index in [1.807, 2.05) is 0 Å². The quantitative estimate of drug-likeness (QED) is 0.550. The number of esters is 1. The third kappa shape index (κ3) is 2.00. The number of hydrogen-bond donors (Lipinski definition) is 0. The van der Waals surface area contributed by atoms with Crippen molar-refractivity contribution in [3.63, 3.8) is 0 Å². The van der Waals surface area contributed by atoms with Crippen LogP contribution in [0.4, 0.5) is 0 Å². The Morgan fingerprint density at radius 3 is 2.50 bits per heavy atom. The van der Waals surface area contributed by atoms with Gasteiger partial charge in [0.15, 0.2) is 0 Å². The molecule has 0 spiro atoms. The minimum atomic E-state index is -0.180. The fourth-order valence-electron chi connectivity index (χ4n) is 4.81. The average molecular weight is 248 g/mol. The normalized spacial score (nSPS) is 42.2. The Labute approximate surface area is 110 Å². The fourth-order valence-corrected chi connectivity index (χ4v) is 4.81. The van der Waals surface area contributed by atoms with Gasteiger partial charge in [0.05, 0.1) is 0 Å². The molecule has 5 atom stereocenters. The van der Waals surface area contributed by atoms with Gasteiger partial charge in [0.2, 0.25) is 0 Å². The second-order valence-corrected chi connectivity index (χ2v) is 6.58. The third-order valence-electron chi connectivity index (χ3n) is 5.46. The number of carbonyl (C=O) groups excluding carboxylic acids is 1. The molecular formula is C16H24O2. The third-order valence-corrected chi connectivity index (χ3v) is 5.46. The number of rotatable bonds is 2. The van der Waals surface area contributed by atoms with Gasteiger partial charge in [-0.05, 0) is 43.4 Å². The highest BCUT2D eigenvalue weighted by molar-refractivity contribution is 5.87. The van der Waals surface area contributed by atoms with Gasteiger partial charge in [-0.15, -0.1) is 0 Å². The van der Waals surface area contributed by atoms with E-state index in [2.05, 4.69) is 6.58 Å². The topological polar surface area (TPSA) is 26.3 Å². The molecule has 0 aromatic carbocycles. The minimum Gasteiger partial charge on any atom is -0.459 e. The lowest BCUT2D eigenvalue weighted by Crippen LogP contribution is -2.35. The first-order chi connectivity index (χ1) is 8.66. The maximum atomic E-state index is 11.7. The van der Waals surface area contributed by atoms with E-state index in [4.69, 9.17) is 4.74 Å². The van der Waals surface area contributed by atoms with Crippen molar-refractivity contribution in [3.05, 3.63) is 12.2 Å². The molecule has 0 bridgehead atoms. The van der Waals surface area contributed by atoms with Crippen molar-refractivity contribution < 1.29 is 9.53 Å². The molecule has 0 saturated heterocycles. The lowest BCUT2D eigenvalue weighted by atomic mass is 9.65. The van der Waals surface area contributed by atoms with E-state index in [0.29, 0.717) is 11.5 Å². The van der Waals surface area contributed by atoms with Crippen LogP contribution >= 0.6 is 0 Å². The van der Waals surface area contributed by atoms with E-state index in [9.17, 15) is 4.79 Å². The molecule has 0 aromatic rings. The van der Waals surface area contributed by atoms with E-state index in [1.165, 1.54) is 38.5 Å². The van der Waals surface area contributed by atoms with Gasteiger partial charge < -0.3 is 4.74 Å². The molecule has 100 valence electrons. The lowest BCUT2D eigenvalue weighted by Gasteiger charge is -2.41. The van der Waals surface area contributed by atoms with Crippen LogP contribution in [-0.2, 0) is 9.53 Å². The van der Waals surface area contributed by atoms with Crippen molar-refractivity contribution in [3.8, 4) is 0 Å². The summed E-state index contributed by atoms with van der Waals surface area (Å²) in [6.45, 7) is 5.44. The summed E-state index contributed by atoms with van der Waals surface area (Å²) in [5, 5.41) is 0. The summed E-state index contributed by atoms with van der Waals surface area (Å²) >= 11 is 0. The van der Waals surface area contributed by atoms with Gasteiger partial charge in [0.1, 0.15) is 6.10 Å². The standard InChI is InChI=1S/C16H24O2/c1-10(2)16(17)18-14-9-12-7-3-5-11-6-4-8-13(14)15(11)12/h11-15H,1,3-9H2,2H3/t11?,12?,13?,14-,15?/m1/s1. The SMILES string of the molecule is C=C(C)C(=O)O[C@@H]1CC2CCCC3CCCC1C32. The summed E-state index contributed by atoms with van der Waals surface area (Å²) in [5.74, 6) is 3.08. The largest absolute Gasteiger partial charge is 0.459 e. The number of carbonyl (C=O) groups is 1. The predicted molar refractivity (Wildman–Crippen MR) is 71.0 cm³/mol. The molecule has 3 rings (SSSR count). The predicted octanol–water partition coefficient (Wildman–Crippen LogP) is 3.71. The molecule has 2 nitrogen and oxygen atoms in total. The summed E-state index contributed by atoms with van der Waals surface area (Å²) in [4.78, 5) is 11.7. The Morgan fingerprint density at radius 2 is 1.78 bits per heavy atom. The molecule has 3 fully saturated rings. The summed E-state index contributed by atoms with van der Waals surface area (Å²) in [6, 6.07) is 0. The van der Waals surface area contributed by atoms with Crippen molar-refractivity contribution in [2.24, 2.45) is 23.7 Å². The minimum absolute atomic E-state index is 0.180. The maximum Gasteiger partial charge on any atom is 0.333 e. The van der Waals surface area contributed by atoms with Crippen molar-refractivity contribution in [2.75, 3.05) is 0 Å². The summed E-state index contributed by atoms with van der Waals surface area (Å²) in [5.41, 5.74) is 0.539. The molecule has 0 radical (unpaired) electrons. The van der Waals surface area contributed by atoms with E-state index in [1.54, 1.807) is 6.92 Å². The van der Waals surface area contributed by atoms with E-state index in [0.717, 1.165) is 24.2 Å². The molecule has 3 aliphatic rings. The van der Waals surface area contributed by atoms with Crippen LogP contribution in [0, 0.1) is 23.7 Å². The molecule has 0 N–H and O–H groups in total. The second kappa shape index (κ2) is 4.71. The van der Waals surface area contributed by atoms with Gasteiger partial charge >= 0.3 is 5.97 Å². The molecule has 0 aromatic heterocycles. The van der Waals surface area contributed by atoms with Crippen LogP contribution in [0.2, 0.25) is 0 Å². The van der Waals surface area contributed by atoms with Crippen LogP contribution in [0.15, 0.2) is 12.2 Å². The molecule has 3 aliphatic carbocycles. The first-order valence-corrected chi connectivity index (χ1v) is 7.53. The molecule has 18 heavy (non-hydrogen) atoms. The van der Waals surface area contributed by atoms with Gasteiger partial charge in [0.25, 0.3) is 0 Å². The summed E-state index contributed by atoms with van der Waals surface area (Å²) in [6.07, 6.45) is 9.48. The van der Waals surface area contributed by atoms with E-state index >= 15 is 0 Å². The van der Waals surface area contributed by atoms with Crippen LogP contribution in [-0.4, -0.2) is 12.1 Å². The van der Waals surface area contributed by atoms with Crippen LogP contribution in [0.3, 0.4) is 0 Å². The fraction of sp³-hybridized carbons (Fsp3) is 0.812. The van der Waals surface area contributed by atoms with Crippen molar-refractivity contribution in [2.45, 2.75) is 58.0 Å². The molecule has 0 amide bonds. The zero-order chi connectivity index (χ0) is 12.7. The monoisotopic (exact) mass is 248 g/mol. The van der Waals surface area contributed by atoms with Crippen molar-refractivity contribution in [1.29, 1.82) is 0 Å². The van der Waals surface area contributed by atoms with Crippen molar-refractivity contribution in [1.82, 2.24) is 0 Å². The number of hydrogen-bond acceptors (Lipinski definition) is 2. The van der Waals surface area contributed by atoms with E-state index < -0.39 is 0 Å². The van der Waals surface area contributed by atoms with E-state index in [-0.39, 0.29) is 12.1 Å². The Kier molecular flexibility index (Phi) is 3.21. The first-order valence-electron chi connectivity index (χ1n) is 7.53. The molecule has 4 unspecified atom stereocenters. The molecule has 0 aliphatic heterocycles. The highest BCUT2D eigenvalue weighted by atomic mass is 16.5. The lowest BCUT2D eigenvalue weighted by molar-refractivity contribution is -0.147. The van der Waals surface area contributed by atoms with Gasteiger partial charge in [0, 0.05) is 5.57 Å². The summed E-state index contributed by atoms with van der Waals surface area (Å²) < 4.78 is 5.71. The Balaban J connectivity index is 1.74. The Bertz CT molecular complexity index is 358. The first kappa shape index (κ1) is 12.3. The molecule has 3 saturated carbocycles.